The highest BCUT2D eigenvalue weighted by Gasteiger charge is 2.20. The van der Waals surface area contributed by atoms with Crippen LogP contribution in [0.4, 0.5) is 22.9 Å². The minimum Gasteiger partial charge on any atom is -0.505 e. The number of carbonyl (C=O) groups excluding carboxylic acids is 1. The quantitative estimate of drug-likeness (QED) is 0.193. The first kappa shape index (κ1) is 23.4. The summed E-state index contributed by atoms with van der Waals surface area (Å²) in [4.78, 5) is 25.2. The molecule has 4 aromatic carbocycles. The molecular weight excluding hydrogens is 492 g/mol. The van der Waals surface area contributed by atoms with E-state index in [4.69, 9.17) is 6.57 Å². The molecule has 2 N–H and O–H groups in total. The number of aromatic hydroxyl groups is 1. The number of aromatic nitrogens is 4. The van der Waals surface area contributed by atoms with Gasteiger partial charge in [0.2, 0.25) is 0 Å². The number of hydrogen-bond acceptors (Lipinski definition) is 7. The van der Waals surface area contributed by atoms with E-state index in [2.05, 4.69) is 35.5 Å². The van der Waals surface area contributed by atoms with Crippen LogP contribution < -0.4 is 5.32 Å². The Bertz CT molecular complexity index is 1940. The number of rotatable bonds is 5. The first-order valence-electron chi connectivity index (χ1n) is 11.8. The van der Waals surface area contributed by atoms with Crippen molar-refractivity contribution in [1.82, 2.24) is 19.7 Å². The van der Waals surface area contributed by atoms with Gasteiger partial charge in [-0.15, -0.1) is 10.2 Å². The Labute approximate surface area is 221 Å². The van der Waals surface area contributed by atoms with Crippen LogP contribution in [0.5, 0.6) is 5.75 Å². The number of anilines is 1. The van der Waals surface area contributed by atoms with E-state index < -0.39 is 5.91 Å². The number of fused-ring (bicyclic) bond motifs is 2. The third-order valence-electron chi connectivity index (χ3n) is 6.08. The van der Waals surface area contributed by atoms with Crippen LogP contribution in [0.25, 0.3) is 32.3 Å². The van der Waals surface area contributed by atoms with E-state index in [0.717, 1.165) is 10.8 Å². The maximum absolute atomic E-state index is 13.5. The molecule has 1 amide bonds. The molecule has 6 aromatic rings. The Morgan fingerprint density at radius 1 is 0.897 bits per heavy atom. The molecule has 39 heavy (non-hydrogen) atoms. The fourth-order valence-electron chi connectivity index (χ4n) is 4.24. The van der Waals surface area contributed by atoms with Crippen LogP contribution in [0.1, 0.15) is 10.4 Å². The zero-order chi connectivity index (χ0) is 26.8. The van der Waals surface area contributed by atoms with Gasteiger partial charge >= 0.3 is 0 Å². The van der Waals surface area contributed by atoms with Gasteiger partial charge in [0.25, 0.3) is 17.5 Å². The molecule has 0 spiro atoms. The number of hydrogen-bond donors (Lipinski definition) is 2. The molecule has 0 aliphatic carbocycles. The largest absolute Gasteiger partial charge is 0.505 e. The highest BCUT2D eigenvalue weighted by molar-refractivity contribution is 6.16. The van der Waals surface area contributed by atoms with Gasteiger partial charge < -0.3 is 10.4 Å². The van der Waals surface area contributed by atoms with Gasteiger partial charge in [0.05, 0.1) is 18.3 Å². The molecule has 0 bridgehead atoms. The van der Waals surface area contributed by atoms with E-state index in [-0.39, 0.29) is 34.5 Å². The fourth-order valence-corrected chi connectivity index (χ4v) is 4.24. The Hall–Kier alpha value is -5.95. The second-order valence-electron chi connectivity index (χ2n) is 8.48. The fraction of sp³-hybridized carbons (Fsp3) is 0. The molecule has 10 heteroatoms. The Morgan fingerprint density at radius 2 is 1.64 bits per heavy atom. The third-order valence-corrected chi connectivity index (χ3v) is 6.08. The van der Waals surface area contributed by atoms with Crippen LogP contribution in [0.2, 0.25) is 0 Å². The number of nitrogens with zero attached hydrogens (tertiary/aromatic N) is 7. The van der Waals surface area contributed by atoms with Crippen LogP contribution >= 0.6 is 0 Å². The van der Waals surface area contributed by atoms with Crippen molar-refractivity contribution in [2.24, 2.45) is 10.2 Å². The van der Waals surface area contributed by atoms with Gasteiger partial charge in [-0.25, -0.2) is 14.8 Å². The molecule has 6 rings (SSSR count). The van der Waals surface area contributed by atoms with E-state index in [1.165, 1.54) is 23.3 Å². The minimum atomic E-state index is -0.499. The smallest absolute Gasteiger partial charge is 0.260 e. The summed E-state index contributed by atoms with van der Waals surface area (Å²) in [6, 6.07) is 23.9. The van der Waals surface area contributed by atoms with Crippen molar-refractivity contribution < 1.29 is 9.90 Å². The lowest BCUT2D eigenvalue weighted by Crippen LogP contribution is -2.12. The van der Waals surface area contributed by atoms with Gasteiger partial charge in [-0.05, 0) is 45.8 Å². The normalized spacial score (nSPS) is 11.2. The molecule has 0 radical (unpaired) electrons. The van der Waals surface area contributed by atoms with E-state index in [1.807, 2.05) is 54.6 Å². The van der Waals surface area contributed by atoms with E-state index in [1.54, 1.807) is 24.3 Å². The van der Waals surface area contributed by atoms with Gasteiger partial charge in [-0.2, -0.15) is 9.78 Å². The maximum Gasteiger partial charge on any atom is 0.260 e. The van der Waals surface area contributed by atoms with E-state index in [0.29, 0.717) is 16.5 Å². The first-order valence-corrected chi connectivity index (χ1v) is 11.8. The van der Waals surface area contributed by atoms with Crippen molar-refractivity contribution in [2.75, 3.05) is 5.32 Å². The number of benzene rings is 4. The molecule has 0 saturated heterocycles. The molecule has 0 aliphatic heterocycles. The molecule has 0 fully saturated rings. The average Bonchev–Trinajstić information content (AvgIpc) is 3.39. The van der Waals surface area contributed by atoms with Gasteiger partial charge in [-0.1, -0.05) is 54.6 Å². The number of phenols is 1. The van der Waals surface area contributed by atoms with Crippen molar-refractivity contribution in [3.8, 4) is 11.7 Å². The summed E-state index contributed by atoms with van der Waals surface area (Å²) in [6.45, 7) is 7.47. The van der Waals surface area contributed by atoms with Crippen molar-refractivity contribution in [2.45, 2.75) is 0 Å². The number of phenolic OH excluding ortho intramolecular Hbond substituents is 1. The molecule has 0 atom stereocenters. The molecule has 186 valence electrons. The second-order valence-corrected chi connectivity index (χ2v) is 8.48. The van der Waals surface area contributed by atoms with Crippen LogP contribution in [-0.2, 0) is 0 Å². The van der Waals surface area contributed by atoms with Crippen molar-refractivity contribution in [3.05, 3.63) is 114 Å². The predicted octanol–water partition coefficient (Wildman–Crippen LogP) is 6.89. The predicted molar refractivity (Wildman–Crippen MR) is 147 cm³/mol. The minimum absolute atomic E-state index is 0.0509. The highest BCUT2D eigenvalue weighted by Crippen LogP contribution is 2.39. The Morgan fingerprint density at radius 3 is 2.44 bits per heavy atom. The summed E-state index contributed by atoms with van der Waals surface area (Å²) in [5.41, 5.74) is 0.818. The number of amides is 1. The molecule has 0 saturated carbocycles. The third kappa shape index (κ3) is 4.41. The average molecular weight is 511 g/mol. The van der Waals surface area contributed by atoms with Crippen molar-refractivity contribution in [1.29, 1.82) is 0 Å². The molecule has 0 unspecified atom stereocenters. The lowest BCUT2D eigenvalue weighted by molar-refractivity contribution is 0.102. The van der Waals surface area contributed by atoms with E-state index in [9.17, 15) is 9.90 Å². The molecule has 2 aromatic heterocycles. The molecule has 2 heterocycles. The lowest BCUT2D eigenvalue weighted by atomic mass is 10.0. The molecular formula is C29H18N8O2. The van der Waals surface area contributed by atoms with Crippen LogP contribution in [-0.4, -0.2) is 30.8 Å². The van der Waals surface area contributed by atoms with Gasteiger partial charge in [0.1, 0.15) is 5.69 Å². The van der Waals surface area contributed by atoms with Gasteiger partial charge in [0.15, 0.2) is 11.6 Å². The number of nitrogens with one attached hydrogen (secondary N) is 1. The zero-order valence-electron chi connectivity index (χ0n) is 20.2. The lowest BCUT2D eigenvalue weighted by Gasteiger charge is -2.12. The maximum atomic E-state index is 13.5. The summed E-state index contributed by atoms with van der Waals surface area (Å²) < 4.78 is 1.28. The Balaban J connectivity index is 1.42. The Kier molecular flexibility index (Phi) is 5.91. The second kappa shape index (κ2) is 9.84. The van der Waals surface area contributed by atoms with Crippen LogP contribution in [0, 0.1) is 6.57 Å². The van der Waals surface area contributed by atoms with Crippen molar-refractivity contribution in [3.63, 3.8) is 0 Å². The summed E-state index contributed by atoms with van der Waals surface area (Å²) in [6.07, 6.45) is 4.41. The van der Waals surface area contributed by atoms with E-state index >= 15 is 0 Å². The monoisotopic (exact) mass is 510 g/mol. The van der Waals surface area contributed by atoms with Crippen LogP contribution in [0.3, 0.4) is 0 Å². The topological polar surface area (TPSA) is 122 Å². The SMILES string of the molecule is [C-]#[N+]c1cnn(-c2ncccn2)c1N=Nc1cc2ccccc2c(C(=O)Nc2ccc3ccccc3c2)c1O. The first-order chi connectivity index (χ1) is 19.1. The zero-order valence-corrected chi connectivity index (χ0v) is 20.2. The summed E-state index contributed by atoms with van der Waals surface area (Å²) in [7, 11) is 0. The molecule has 10 nitrogen and oxygen atoms in total. The van der Waals surface area contributed by atoms with Crippen LogP contribution in [0.15, 0.2) is 108 Å². The number of azo groups is 1. The highest BCUT2D eigenvalue weighted by atomic mass is 16.3. The molecule has 0 aliphatic rings. The standard InChI is InChI=1S/C29H18N8O2/c1-30-24-17-33-37(29-31-13-6-14-32-29)27(24)36-35-23-16-20-9-4-5-10-22(20)25(26(23)38)28(39)34-21-12-11-18-7-2-3-8-19(18)15-21/h2-17,38H,(H,34,39). The van der Waals surface area contributed by atoms with Gasteiger partial charge in [-0.3, -0.25) is 4.79 Å². The summed E-state index contributed by atoms with van der Waals surface area (Å²) >= 11 is 0. The number of carbonyl (C=O) groups is 1. The van der Waals surface area contributed by atoms with Crippen molar-refractivity contribution >= 4 is 50.3 Å². The summed E-state index contributed by atoms with van der Waals surface area (Å²) in [5, 5.41) is 29.9. The van der Waals surface area contributed by atoms with Gasteiger partial charge in [0, 0.05) is 18.1 Å². The summed E-state index contributed by atoms with van der Waals surface area (Å²) in [5.74, 6) is -0.548.